The zero-order valence-electron chi connectivity index (χ0n) is 15.4. The first-order chi connectivity index (χ1) is 13.0. The molecule has 1 spiro atoms. The molecule has 0 saturated carbocycles. The number of ether oxygens (including phenoxy) is 3. The summed E-state index contributed by atoms with van der Waals surface area (Å²) < 4.78 is 30.4. The van der Waals surface area contributed by atoms with E-state index in [0.29, 0.717) is 41.5 Å². The predicted octanol–water partition coefficient (Wildman–Crippen LogP) is 2.78. The fourth-order valence-electron chi connectivity index (χ4n) is 4.27. The van der Waals surface area contributed by atoms with Gasteiger partial charge in [0.2, 0.25) is 5.91 Å². The van der Waals surface area contributed by atoms with Crippen molar-refractivity contribution in [1.82, 2.24) is 5.32 Å². The lowest BCUT2D eigenvalue weighted by Gasteiger charge is -2.31. The van der Waals surface area contributed by atoms with Gasteiger partial charge in [-0.2, -0.15) is 0 Å². The molecule has 0 unspecified atom stereocenters. The van der Waals surface area contributed by atoms with E-state index in [2.05, 4.69) is 10.6 Å². The first-order valence-corrected chi connectivity index (χ1v) is 8.70. The Balaban J connectivity index is 1.91. The van der Waals surface area contributed by atoms with Crippen molar-refractivity contribution >= 4 is 11.6 Å². The van der Waals surface area contributed by atoms with Gasteiger partial charge in [0.1, 0.15) is 11.6 Å². The van der Waals surface area contributed by atoms with Crippen LogP contribution in [0.2, 0.25) is 0 Å². The molecule has 2 atom stereocenters. The molecule has 4 rings (SSSR count). The number of anilines is 1. The van der Waals surface area contributed by atoms with Gasteiger partial charge in [0.25, 0.3) is 0 Å². The minimum atomic E-state index is -0.912. The molecule has 2 aliphatic heterocycles. The molecule has 2 aliphatic rings. The van der Waals surface area contributed by atoms with E-state index in [1.54, 1.807) is 33.5 Å². The summed E-state index contributed by atoms with van der Waals surface area (Å²) in [6.45, 7) is 0.617. The molecule has 2 aromatic rings. The molecule has 1 amide bonds. The molecule has 1 fully saturated rings. The third-order valence-electron chi connectivity index (χ3n) is 5.52. The molecule has 6 nitrogen and oxygen atoms in total. The van der Waals surface area contributed by atoms with Crippen molar-refractivity contribution in [2.75, 3.05) is 33.2 Å². The van der Waals surface area contributed by atoms with E-state index >= 15 is 0 Å². The van der Waals surface area contributed by atoms with Crippen LogP contribution in [0.25, 0.3) is 0 Å². The van der Waals surface area contributed by atoms with Crippen molar-refractivity contribution in [3.63, 3.8) is 0 Å². The Morgan fingerprint density at radius 2 is 1.74 bits per heavy atom. The topological polar surface area (TPSA) is 68.8 Å². The van der Waals surface area contributed by atoms with Crippen LogP contribution in [0.15, 0.2) is 30.3 Å². The number of rotatable bonds is 4. The van der Waals surface area contributed by atoms with Crippen LogP contribution in [0.5, 0.6) is 17.2 Å². The van der Waals surface area contributed by atoms with Gasteiger partial charge in [0.15, 0.2) is 11.5 Å². The van der Waals surface area contributed by atoms with Crippen molar-refractivity contribution < 1.29 is 23.4 Å². The third kappa shape index (κ3) is 2.45. The molecular formula is C20H21FN2O4. The Hall–Kier alpha value is -2.80. The van der Waals surface area contributed by atoms with Gasteiger partial charge >= 0.3 is 0 Å². The number of nitrogens with one attached hydrogen (secondary N) is 2. The van der Waals surface area contributed by atoms with E-state index in [0.717, 1.165) is 5.56 Å². The summed E-state index contributed by atoms with van der Waals surface area (Å²) in [5.74, 6) is 1.14. The second-order valence-electron chi connectivity index (χ2n) is 6.70. The molecule has 2 aromatic carbocycles. The van der Waals surface area contributed by atoms with Crippen LogP contribution in [-0.2, 0) is 10.2 Å². The van der Waals surface area contributed by atoms with Gasteiger partial charge in [-0.15, -0.1) is 0 Å². The van der Waals surface area contributed by atoms with E-state index in [4.69, 9.17) is 14.2 Å². The van der Waals surface area contributed by atoms with Crippen LogP contribution in [0.1, 0.15) is 23.6 Å². The molecule has 7 heteroatoms. The number of carbonyl (C=O) groups excluding carboxylic acids is 1. The normalized spacial score (nSPS) is 23.3. The lowest BCUT2D eigenvalue weighted by molar-refractivity contribution is -0.121. The van der Waals surface area contributed by atoms with Gasteiger partial charge in [-0.3, -0.25) is 4.79 Å². The van der Waals surface area contributed by atoms with E-state index < -0.39 is 11.5 Å². The summed E-state index contributed by atoms with van der Waals surface area (Å²) in [5.41, 5.74) is 1.17. The number of hydrogen-bond donors (Lipinski definition) is 2. The molecule has 1 saturated heterocycles. The number of amides is 1. The summed E-state index contributed by atoms with van der Waals surface area (Å²) in [7, 11) is 4.67. The molecular weight excluding hydrogens is 351 g/mol. The van der Waals surface area contributed by atoms with Crippen molar-refractivity contribution in [2.45, 2.75) is 17.9 Å². The van der Waals surface area contributed by atoms with Gasteiger partial charge in [0.05, 0.1) is 32.8 Å². The first kappa shape index (κ1) is 17.6. The van der Waals surface area contributed by atoms with Gasteiger partial charge in [-0.25, -0.2) is 4.39 Å². The molecule has 2 heterocycles. The smallest absolute Gasteiger partial charge is 0.237 e. The maximum Gasteiger partial charge on any atom is 0.237 e. The maximum absolute atomic E-state index is 14.0. The first-order valence-electron chi connectivity index (χ1n) is 8.70. The summed E-state index contributed by atoms with van der Waals surface area (Å²) in [4.78, 5) is 13.1. The number of methoxy groups -OCH3 is 3. The summed E-state index contributed by atoms with van der Waals surface area (Å²) >= 11 is 0. The minimum Gasteiger partial charge on any atom is -0.496 e. The van der Waals surface area contributed by atoms with E-state index in [9.17, 15) is 9.18 Å². The van der Waals surface area contributed by atoms with Crippen LogP contribution in [-0.4, -0.2) is 33.8 Å². The Kier molecular flexibility index (Phi) is 4.19. The summed E-state index contributed by atoms with van der Waals surface area (Å²) in [5, 5.41) is 6.30. The monoisotopic (exact) mass is 372 g/mol. The van der Waals surface area contributed by atoms with Crippen molar-refractivity contribution in [3.8, 4) is 17.2 Å². The number of halogens is 1. The van der Waals surface area contributed by atoms with Crippen molar-refractivity contribution in [3.05, 3.63) is 47.3 Å². The van der Waals surface area contributed by atoms with E-state index in [1.807, 2.05) is 6.07 Å². The van der Waals surface area contributed by atoms with Gasteiger partial charge in [-0.1, -0.05) is 0 Å². The number of fused-ring (bicyclic) bond motifs is 2. The second-order valence-corrected chi connectivity index (χ2v) is 6.70. The van der Waals surface area contributed by atoms with Crippen molar-refractivity contribution in [2.24, 2.45) is 0 Å². The molecule has 142 valence electrons. The highest BCUT2D eigenvalue weighted by Crippen LogP contribution is 2.53. The molecule has 0 bridgehead atoms. The molecule has 0 aromatic heterocycles. The minimum absolute atomic E-state index is 0.144. The SMILES string of the molecule is COc1cc(OC)c([C@@H]2NCC[C@@]23C(=O)Nc2ccc(F)cc23)cc1OC. The van der Waals surface area contributed by atoms with Crippen LogP contribution in [0.3, 0.4) is 0 Å². The van der Waals surface area contributed by atoms with Crippen LogP contribution >= 0.6 is 0 Å². The van der Waals surface area contributed by atoms with Gasteiger partial charge in [0, 0.05) is 17.3 Å². The standard InChI is InChI=1S/C20H21FN2O4/c1-25-15-10-17(27-3)16(26-2)9-12(15)18-20(6-7-22-18)13-8-11(21)4-5-14(13)23-19(20)24/h4-5,8-10,18,22H,6-7H2,1-3H3,(H,23,24)/t18-,20-/m0/s1. The Labute approximate surface area is 156 Å². The highest BCUT2D eigenvalue weighted by atomic mass is 19.1. The summed E-state index contributed by atoms with van der Waals surface area (Å²) in [6.07, 6.45) is 0.553. The Morgan fingerprint density at radius 1 is 1.04 bits per heavy atom. The second kappa shape index (κ2) is 6.42. The predicted molar refractivity (Wildman–Crippen MR) is 98.2 cm³/mol. The van der Waals surface area contributed by atoms with Crippen LogP contribution in [0.4, 0.5) is 10.1 Å². The van der Waals surface area contributed by atoms with Crippen molar-refractivity contribution in [1.29, 1.82) is 0 Å². The van der Waals surface area contributed by atoms with E-state index in [-0.39, 0.29) is 11.7 Å². The number of hydrogen-bond acceptors (Lipinski definition) is 5. The quantitative estimate of drug-likeness (QED) is 0.864. The largest absolute Gasteiger partial charge is 0.496 e. The lowest BCUT2D eigenvalue weighted by atomic mass is 9.72. The zero-order chi connectivity index (χ0) is 19.2. The molecule has 0 aliphatic carbocycles. The Bertz CT molecular complexity index is 917. The average molecular weight is 372 g/mol. The highest BCUT2D eigenvalue weighted by Gasteiger charge is 2.56. The van der Waals surface area contributed by atoms with Gasteiger partial charge in [-0.05, 0) is 42.8 Å². The summed E-state index contributed by atoms with van der Waals surface area (Å²) in [6, 6.07) is 7.56. The number of benzene rings is 2. The third-order valence-corrected chi connectivity index (χ3v) is 5.52. The fourth-order valence-corrected chi connectivity index (χ4v) is 4.27. The lowest BCUT2D eigenvalue weighted by Crippen LogP contribution is -2.39. The van der Waals surface area contributed by atoms with Crippen LogP contribution < -0.4 is 24.8 Å². The molecule has 27 heavy (non-hydrogen) atoms. The Morgan fingerprint density at radius 3 is 2.44 bits per heavy atom. The van der Waals surface area contributed by atoms with E-state index in [1.165, 1.54) is 12.1 Å². The number of carbonyl (C=O) groups is 1. The maximum atomic E-state index is 14.0. The van der Waals surface area contributed by atoms with Crippen LogP contribution in [0, 0.1) is 5.82 Å². The zero-order valence-corrected chi connectivity index (χ0v) is 15.4. The molecule has 2 N–H and O–H groups in total. The van der Waals surface area contributed by atoms with Gasteiger partial charge < -0.3 is 24.8 Å². The molecule has 0 radical (unpaired) electrons. The fraction of sp³-hybridized carbons (Fsp3) is 0.350. The highest BCUT2D eigenvalue weighted by molar-refractivity contribution is 6.07. The average Bonchev–Trinajstić information content (AvgIpc) is 3.24.